The molecule has 1 amide bonds. The lowest BCUT2D eigenvalue weighted by Crippen LogP contribution is -2.36. The van der Waals surface area contributed by atoms with Gasteiger partial charge in [0.1, 0.15) is 5.82 Å². The van der Waals surface area contributed by atoms with Gasteiger partial charge in [0, 0.05) is 28.9 Å². The van der Waals surface area contributed by atoms with E-state index in [2.05, 4.69) is 20.5 Å². The minimum Gasteiger partial charge on any atom is -0.346 e. The van der Waals surface area contributed by atoms with E-state index in [1.165, 1.54) is 0 Å². The third kappa shape index (κ3) is 3.78. The maximum atomic E-state index is 11.5. The number of aromatic nitrogens is 3. The second kappa shape index (κ2) is 5.01. The molecule has 0 aliphatic carbocycles. The molecular formula is C8H14N4O2S. The van der Waals surface area contributed by atoms with E-state index in [1.54, 1.807) is 20.1 Å². The van der Waals surface area contributed by atoms with Crippen molar-refractivity contribution in [3.8, 4) is 0 Å². The minimum absolute atomic E-state index is 0.112. The van der Waals surface area contributed by atoms with Crippen LogP contribution in [0.5, 0.6) is 0 Å². The van der Waals surface area contributed by atoms with Crippen molar-refractivity contribution >= 4 is 16.7 Å². The van der Waals surface area contributed by atoms with Gasteiger partial charge in [-0.1, -0.05) is 0 Å². The van der Waals surface area contributed by atoms with Crippen molar-refractivity contribution in [3.63, 3.8) is 0 Å². The standard InChI is InChI=1S/C8H14N4O2S/c1-5(4-15(3)14)9-8(13)7-10-6(2)11-12-7/h5H,4H2,1-3H3,(H,9,13)(H,10,11,12). The van der Waals surface area contributed by atoms with Gasteiger partial charge >= 0.3 is 0 Å². The fraction of sp³-hybridized carbons (Fsp3) is 0.625. The van der Waals surface area contributed by atoms with Crippen molar-refractivity contribution in [2.24, 2.45) is 0 Å². The van der Waals surface area contributed by atoms with Crippen LogP contribution in [-0.2, 0) is 10.8 Å². The largest absolute Gasteiger partial charge is 0.346 e. The van der Waals surface area contributed by atoms with Gasteiger partial charge in [-0.3, -0.25) is 14.1 Å². The normalized spacial score (nSPS) is 14.6. The molecule has 2 atom stereocenters. The summed E-state index contributed by atoms with van der Waals surface area (Å²) in [7, 11) is -0.927. The molecule has 15 heavy (non-hydrogen) atoms. The van der Waals surface area contributed by atoms with Crippen molar-refractivity contribution in [2.75, 3.05) is 12.0 Å². The van der Waals surface area contributed by atoms with Crippen LogP contribution in [0.25, 0.3) is 0 Å². The molecule has 6 nitrogen and oxygen atoms in total. The summed E-state index contributed by atoms with van der Waals surface area (Å²) in [5, 5.41) is 8.97. The van der Waals surface area contributed by atoms with E-state index in [9.17, 15) is 9.00 Å². The van der Waals surface area contributed by atoms with Crippen molar-refractivity contribution < 1.29 is 9.00 Å². The molecule has 0 aliphatic rings. The number of nitrogens with zero attached hydrogens (tertiary/aromatic N) is 2. The van der Waals surface area contributed by atoms with Crippen LogP contribution in [0.15, 0.2) is 0 Å². The highest BCUT2D eigenvalue weighted by Gasteiger charge is 2.14. The van der Waals surface area contributed by atoms with Gasteiger partial charge in [0.15, 0.2) is 0 Å². The summed E-state index contributed by atoms with van der Waals surface area (Å²) in [6.07, 6.45) is 1.60. The highest BCUT2D eigenvalue weighted by molar-refractivity contribution is 7.84. The molecule has 1 aromatic heterocycles. The number of nitrogens with one attached hydrogen (secondary N) is 2. The smallest absolute Gasteiger partial charge is 0.291 e. The molecule has 0 saturated carbocycles. The monoisotopic (exact) mass is 230 g/mol. The number of hydrogen-bond acceptors (Lipinski definition) is 4. The highest BCUT2D eigenvalue weighted by Crippen LogP contribution is 1.93. The number of aryl methyl sites for hydroxylation is 1. The first kappa shape index (κ1) is 11.8. The number of hydrogen-bond donors (Lipinski definition) is 2. The van der Waals surface area contributed by atoms with Crippen LogP contribution < -0.4 is 5.32 Å². The van der Waals surface area contributed by atoms with Crippen molar-refractivity contribution in [2.45, 2.75) is 19.9 Å². The topological polar surface area (TPSA) is 87.7 Å². The summed E-state index contributed by atoms with van der Waals surface area (Å²) in [4.78, 5) is 15.4. The minimum atomic E-state index is -0.927. The molecule has 0 aromatic carbocycles. The Bertz CT molecular complexity index is 376. The molecular weight excluding hydrogens is 216 g/mol. The average Bonchev–Trinajstić information content (AvgIpc) is 2.49. The van der Waals surface area contributed by atoms with E-state index in [-0.39, 0.29) is 17.8 Å². The van der Waals surface area contributed by atoms with E-state index < -0.39 is 10.8 Å². The molecule has 0 spiro atoms. The van der Waals surface area contributed by atoms with Crippen molar-refractivity contribution in [1.82, 2.24) is 20.5 Å². The summed E-state index contributed by atoms with van der Waals surface area (Å²) in [5.41, 5.74) is 0. The van der Waals surface area contributed by atoms with Crippen molar-refractivity contribution in [1.29, 1.82) is 0 Å². The second-order valence-corrected chi connectivity index (χ2v) is 4.84. The molecule has 0 saturated heterocycles. The van der Waals surface area contributed by atoms with Crippen LogP contribution in [0.1, 0.15) is 23.4 Å². The van der Waals surface area contributed by atoms with Crippen LogP contribution >= 0.6 is 0 Å². The second-order valence-electron chi connectivity index (χ2n) is 3.36. The zero-order chi connectivity index (χ0) is 11.4. The first-order chi connectivity index (χ1) is 6.99. The molecule has 7 heteroatoms. The van der Waals surface area contributed by atoms with Crippen LogP contribution in [0.3, 0.4) is 0 Å². The Hall–Kier alpha value is -1.24. The Morgan fingerprint density at radius 2 is 2.33 bits per heavy atom. The fourth-order valence-corrected chi connectivity index (χ4v) is 1.91. The number of aromatic amines is 1. The van der Waals surface area contributed by atoms with Crippen LogP contribution in [0.2, 0.25) is 0 Å². The van der Waals surface area contributed by atoms with Crippen molar-refractivity contribution in [3.05, 3.63) is 11.6 Å². The lowest BCUT2D eigenvalue weighted by molar-refractivity contribution is 0.0933. The maximum absolute atomic E-state index is 11.5. The molecule has 0 radical (unpaired) electrons. The predicted octanol–water partition coefficient (Wildman–Crippen LogP) is -0.390. The van der Waals surface area contributed by atoms with Crippen LogP contribution in [-0.4, -0.2) is 43.3 Å². The lowest BCUT2D eigenvalue weighted by Gasteiger charge is -2.10. The van der Waals surface area contributed by atoms with Crippen LogP contribution in [0.4, 0.5) is 0 Å². The molecule has 0 bridgehead atoms. The van der Waals surface area contributed by atoms with Gasteiger partial charge in [-0.25, -0.2) is 4.98 Å². The summed E-state index contributed by atoms with van der Waals surface area (Å²) < 4.78 is 10.9. The molecule has 1 heterocycles. The Labute approximate surface area is 90.3 Å². The van der Waals surface area contributed by atoms with Gasteiger partial charge in [-0.15, -0.1) is 5.10 Å². The molecule has 0 fully saturated rings. The summed E-state index contributed by atoms with van der Waals surface area (Å²) in [6, 6.07) is -0.151. The highest BCUT2D eigenvalue weighted by atomic mass is 32.2. The first-order valence-electron chi connectivity index (χ1n) is 4.49. The summed E-state index contributed by atoms with van der Waals surface area (Å²) in [6.45, 7) is 3.51. The third-order valence-electron chi connectivity index (χ3n) is 1.66. The van der Waals surface area contributed by atoms with Gasteiger partial charge in [0.25, 0.3) is 5.91 Å². The van der Waals surface area contributed by atoms with Gasteiger partial charge in [0.05, 0.1) is 0 Å². The van der Waals surface area contributed by atoms with E-state index in [0.717, 1.165) is 0 Å². The van der Waals surface area contributed by atoms with E-state index in [1.807, 2.05) is 0 Å². The predicted molar refractivity (Wildman–Crippen MR) is 57.0 cm³/mol. The van der Waals surface area contributed by atoms with E-state index in [4.69, 9.17) is 0 Å². The Kier molecular flexibility index (Phi) is 3.96. The average molecular weight is 230 g/mol. The Morgan fingerprint density at radius 3 is 2.80 bits per heavy atom. The summed E-state index contributed by atoms with van der Waals surface area (Å²) in [5.74, 6) is 0.778. The molecule has 2 N–H and O–H groups in total. The van der Waals surface area contributed by atoms with E-state index in [0.29, 0.717) is 11.6 Å². The fourth-order valence-electron chi connectivity index (χ4n) is 1.13. The van der Waals surface area contributed by atoms with Gasteiger partial charge in [-0.05, 0) is 13.8 Å². The number of carbonyl (C=O) groups excluding carboxylic acids is 1. The molecule has 1 aromatic rings. The third-order valence-corrected chi connectivity index (χ3v) is 2.63. The van der Waals surface area contributed by atoms with Gasteiger partial charge in [0.2, 0.25) is 5.82 Å². The molecule has 1 rings (SSSR count). The molecule has 84 valence electrons. The van der Waals surface area contributed by atoms with Gasteiger partial charge in [-0.2, -0.15) is 0 Å². The molecule has 0 aliphatic heterocycles. The Morgan fingerprint density at radius 1 is 1.67 bits per heavy atom. The summed E-state index contributed by atoms with van der Waals surface area (Å²) >= 11 is 0. The zero-order valence-electron chi connectivity index (χ0n) is 8.90. The zero-order valence-corrected chi connectivity index (χ0v) is 9.72. The number of carbonyl (C=O) groups is 1. The lowest BCUT2D eigenvalue weighted by atomic mass is 10.4. The number of amides is 1. The molecule has 2 unspecified atom stereocenters. The van der Waals surface area contributed by atoms with Crippen LogP contribution in [0, 0.1) is 6.92 Å². The maximum Gasteiger partial charge on any atom is 0.291 e. The number of rotatable bonds is 4. The first-order valence-corrected chi connectivity index (χ1v) is 6.21. The van der Waals surface area contributed by atoms with Gasteiger partial charge < -0.3 is 5.32 Å². The SMILES string of the molecule is Cc1nc(C(=O)NC(C)CS(C)=O)n[nH]1. The Balaban J connectivity index is 2.52. The van der Waals surface area contributed by atoms with E-state index >= 15 is 0 Å². The number of H-pyrrole nitrogens is 1. The quantitative estimate of drug-likeness (QED) is 0.737.